The van der Waals surface area contributed by atoms with E-state index in [1.54, 1.807) is 12.2 Å². The normalized spacial score (nSPS) is 35.8. The number of carbonyl (C=O) groups excluding carboxylic acids is 1. The van der Waals surface area contributed by atoms with Crippen molar-refractivity contribution in [2.45, 2.75) is 33.3 Å². The highest BCUT2D eigenvalue weighted by molar-refractivity contribution is 9.12. The summed E-state index contributed by atoms with van der Waals surface area (Å²) >= 11 is 3.43. The van der Waals surface area contributed by atoms with Crippen LogP contribution in [0.1, 0.15) is 27.2 Å². The molecule has 3 nitrogen and oxygen atoms in total. The average Bonchev–Trinajstić information content (AvgIpc) is 2.28. The van der Waals surface area contributed by atoms with Crippen LogP contribution in [0.2, 0.25) is 0 Å². The Labute approximate surface area is 115 Å². The van der Waals surface area contributed by atoms with E-state index in [-0.39, 0.29) is 22.9 Å². The van der Waals surface area contributed by atoms with Gasteiger partial charge in [0.15, 0.2) is 5.78 Å². The highest BCUT2D eigenvalue weighted by Gasteiger charge is 2.45. The van der Waals surface area contributed by atoms with Crippen LogP contribution in [-0.2, 0) is 4.79 Å². The van der Waals surface area contributed by atoms with Gasteiger partial charge in [-0.05, 0) is 37.0 Å². The number of aliphatic hydroxyl groups is 2. The minimum Gasteiger partial charge on any atom is -0.508 e. The fraction of sp³-hybridized carbons (Fsp3) is 0.500. The first-order valence-corrected chi connectivity index (χ1v) is 6.77. The molecule has 0 saturated carbocycles. The number of ketones is 1. The van der Waals surface area contributed by atoms with Crippen molar-refractivity contribution >= 4 is 21.7 Å². The molecule has 2 aliphatic rings. The molecule has 2 aliphatic carbocycles. The highest BCUT2D eigenvalue weighted by atomic mass is 79.9. The first-order valence-electron chi connectivity index (χ1n) is 5.98. The molecule has 4 heteroatoms. The van der Waals surface area contributed by atoms with Crippen molar-refractivity contribution in [2.24, 2.45) is 11.3 Å². The number of hydrogen-bond acceptors (Lipinski definition) is 3. The third kappa shape index (κ3) is 1.88. The Morgan fingerprint density at radius 1 is 1.56 bits per heavy atom. The number of carbonyl (C=O) groups is 1. The zero-order valence-corrected chi connectivity index (χ0v) is 12.3. The average molecular weight is 313 g/mol. The number of rotatable bonds is 1. The number of fused-ring (bicyclic) bond motifs is 1. The number of halogens is 1. The lowest BCUT2D eigenvalue weighted by atomic mass is 9.61. The van der Waals surface area contributed by atoms with Gasteiger partial charge >= 0.3 is 0 Å². The Hall–Kier alpha value is -0.870. The van der Waals surface area contributed by atoms with Gasteiger partial charge in [-0.1, -0.05) is 29.8 Å². The van der Waals surface area contributed by atoms with Crippen molar-refractivity contribution < 1.29 is 15.0 Å². The second-order valence-corrected chi connectivity index (χ2v) is 6.22. The van der Waals surface area contributed by atoms with Crippen LogP contribution < -0.4 is 0 Å². The number of aliphatic hydroxyl groups excluding tert-OH is 2. The lowest BCUT2D eigenvalue weighted by molar-refractivity contribution is -0.114. The van der Waals surface area contributed by atoms with Crippen LogP contribution in [0.25, 0.3) is 0 Å². The first-order chi connectivity index (χ1) is 8.27. The van der Waals surface area contributed by atoms with Crippen molar-refractivity contribution in [1.82, 2.24) is 0 Å². The second kappa shape index (κ2) is 4.35. The van der Waals surface area contributed by atoms with Crippen molar-refractivity contribution in [3.8, 4) is 0 Å². The van der Waals surface area contributed by atoms with E-state index in [2.05, 4.69) is 15.9 Å². The molecule has 0 radical (unpaired) electrons. The molecule has 18 heavy (non-hydrogen) atoms. The third-order valence-corrected chi connectivity index (χ3v) is 4.96. The molecule has 0 aromatic rings. The Morgan fingerprint density at radius 3 is 2.72 bits per heavy atom. The van der Waals surface area contributed by atoms with Gasteiger partial charge in [0, 0.05) is 15.5 Å². The molecule has 0 fully saturated rings. The molecule has 0 spiro atoms. The molecule has 3 unspecified atom stereocenters. The molecule has 98 valence electrons. The van der Waals surface area contributed by atoms with Crippen LogP contribution in [-0.4, -0.2) is 22.1 Å². The van der Waals surface area contributed by atoms with Gasteiger partial charge in [-0.25, -0.2) is 0 Å². The van der Waals surface area contributed by atoms with E-state index in [1.807, 2.05) is 13.8 Å². The fourth-order valence-electron chi connectivity index (χ4n) is 2.76. The molecule has 0 aromatic carbocycles. The van der Waals surface area contributed by atoms with Gasteiger partial charge < -0.3 is 10.2 Å². The summed E-state index contributed by atoms with van der Waals surface area (Å²) < 4.78 is 0.796. The van der Waals surface area contributed by atoms with Gasteiger partial charge in [0.25, 0.3) is 0 Å². The summed E-state index contributed by atoms with van der Waals surface area (Å²) in [6.45, 7) is 5.45. The number of Topliss-reactive ketones (excluding diaryl/α,β-unsaturated/α-hetero) is 1. The minimum absolute atomic E-state index is 0.00694. The standard InChI is InChI=1S/C14H17BrO3/c1-7-12(17)5-11(15)10-4-13(18)9(8(2)16)6-14(7,10)3/h4-5,7,12,17-18H,6H2,1-3H3. The molecule has 0 aliphatic heterocycles. The van der Waals surface area contributed by atoms with Crippen LogP contribution >= 0.6 is 15.9 Å². The van der Waals surface area contributed by atoms with Crippen LogP contribution in [0.5, 0.6) is 0 Å². The molecular weight excluding hydrogens is 296 g/mol. The second-order valence-electron chi connectivity index (χ2n) is 5.37. The maximum absolute atomic E-state index is 11.6. The summed E-state index contributed by atoms with van der Waals surface area (Å²) in [6.07, 6.45) is 3.30. The van der Waals surface area contributed by atoms with Crippen LogP contribution in [0, 0.1) is 11.3 Å². The van der Waals surface area contributed by atoms with Gasteiger partial charge in [0.05, 0.1) is 6.10 Å². The quantitative estimate of drug-likeness (QED) is 0.782. The highest BCUT2D eigenvalue weighted by Crippen LogP contribution is 2.53. The minimum atomic E-state index is -0.546. The smallest absolute Gasteiger partial charge is 0.159 e. The summed E-state index contributed by atoms with van der Waals surface area (Å²) in [5.74, 6) is -0.0761. The maximum atomic E-state index is 11.6. The summed E-state index contributed by atoms with van der Waals surface area (Å²) in [5.41, 5.74) is 1.06. The first kappa shape index (κ1) is 13.6. The topological polar surface area (TPSA) is 57.5 Å². The summed E-state index contributed by atoms with van der Waals surface area (Å²) in [5, 5.41) is 20.0. The predicted molar refractivity (Wildman–Crippen MR) is 73.3 cm³/mol. The Kier molecular flexibility index (Phi) is 3.28. The third-order valence-electron chi connectivity index (χ3n) is 4.27. The van der Waals surface area contributed by atoms with Crippen LogP contribution in [0.4, 0.5) is 0 Å². The van der Waals surface area contributed by atoms with Gasteiger partial charge in [-0.2, -0.15) is 0 Å². The lowest BCUT2D eigenvalue weighted by Gasteiger charge is -2.45. The van der Waals surface area contributed by atoms with Crippen molar-refractivity contribution in [3.63, 3.8) is 0 Å². The summed E-state index contributed by atoms with van der Waals surface area (Å²) in [4.78, 5) is 11.6. The Balaban J connectivity index is 2.59. The molecule has 0 bridgehead atoms. The van der Waals surface area contributed by atoms with E-state index in [0.717, 1.165) is 10.1 Å². The van der Waals surface area contributed by atoms with E-state index in [4.69, 9.17) is 0 Å². The van der Waals surface area contributed by atoms with Crippen molar-refractivity contribution in [3.05, 3.63) is 33.5 Å². The molecular formula is C14H17BrO3. The molecule has 2 N–H and O–H groups in total. The largest absolute Gasteiger partial charge is 0.508 e. The molecule has 3 atom stereocenters. The SMILES string of the molecule is CC(=O)C1=C(O)C=C2C(Br)=CC(O)C(C)C2(C)C1. The van der Waals surface area contributed by atoms with Gasteiger partial charge in [-0.15, -0.1) is 0 Å². The van der Waals surface area contributed by atoms with E-state index in [9.17, 15) is 15.0 Å². The molecule has 0 amide bonds. The Bertz CT molecular complexity index is 501. The molecule has 0 aromatic heterocycles. The fourth-order valence-corrected chi connectivity index (χ4v) is 3.59. The van der Waals surface area contributed by atoms with Crippen LogP contribution in [0.15, 0.2) is 33.5 Å². The van der Waals surface area contributed by atoms with E-state index in [1.165, 1.54) is 6.92 Å². The molecule has 0 saturated heterocycles. The van der Waals surface area contributed by atoms with Crippen molar-refractivity contribution in [2.75, 3.05) is 0 Å². The molecule has 2 rings (SSSR count). The van der Waals surface area contributed by atoms with Gasteiger partial charge in [0.1, 0.15) is 5.76 Å². The monoisotopic (exact) mass is 312 g/mol. The Morgan fingerprint density at radius 2 is 2.17 bits per heavy atom. The van der Waals surface area contributed by atoms with E-state index in [0.29, 0.717) is 12.0 Å². The summed E-state index contributed by atoms with van der Waals surface area (Å²) in [7, 11) is 0. The van der Waals surface area contributed by atoms with E-state index >= 15 is 0 Å². The summed E-state index contributed by atoms with van der Waals surface area (Å²) in [6, 6.07) is 0. The lowest BCUT2D eigenvalue weighted by Crippen LogP contribution is -2.41. The van der Waals surface area contributed by atoms with Crippen molar-refractivity contribution in [1.29, 1.82) is 0 Å². The van der Waals surface area contributed by atoms with Gasteiger partial charge in [0.2, 0.25) is 0 Å². The van der Waals surface area contributed by atoms with Crippen LogP contribution in [0.3, 0.4) is 0 Å². The number of hydrogen-bond donors (Lipinski definition) is 2. The van der Waals surface area contributed by atoms with Gasteiger partial charge in [-0.3, -0.25) is 4.79 Å². The zero-order valence-electron chi connectivity index (χ0n) is 10.7. The number of allylic oxidation sites excluding steroid dienone is 4. The molecule has 0 heterocycles. The van der Waals surface area contributed by atoms with E-state index < -0.39 is 6.10 Å². The zero-order chi connectivity index (χ0) is 13.7. The predicted octanol–water partition coefficient (Wildman–Crippen LogP) is 3.01. The maximum Gasteiger partial charge on any atom is 0.159 e.